The van der Waals surface area contributed by atoms with Gasteiger partial charge in [0.15, 0.2) is 0 Å². The fourth-order valence-corrected chi connectivity index (χ4v) is 9.82. The maximum absolute atomic E-state index is 15.4. The molecule has 6 unspecified atom stereocenters. The Morgan fingerprint density at radius 3 is 2.25 bits per heavy atom. The lowest BCUT2D eigenvalue weighted by Crippen LogP contribution is -2.53. The number of hydrogen-bond acceptors (Lipinski definition) is 7. The number of imide groups is 2. The van der Waals surface area contributed by atoms with Crippen LogP contribution < -0.4 is 15.1 Å². The number of phenolic OH excluding ortho intramolecular Hbond substituents is 1. The number of carbonyl (C=O) groups excluding carboxylic acids is 4. The first-order valence-corrected chi connectivity index (χ1v) is 18.4. The Morgan fingerprint density at radius 2 is 1.57 bits per heavy atom. The molecule has 2 aliphatic heterocycles. The van der Waals surface area contributed by atoms with Gasteiger partial charge in [0.25, 0.3) is 11.8 Å². The summed E-state index contributed by atoms with van der Waals surface area (Å²) in [4.78, 5) is 60.1. The number of halogens is 4. The molecule has 4 aromatic rings. The second-order valence-electron chi connectivity index (χ2n) is 13.9. The molecule has 4 amide bonds. The molecule has 0 radical (unpaired) electrons. The van der Waals surface area contributed by atoms with E-state index in [9.17, 15) is 19.5 Å². The first-order chi connectivity index (χ1) is 25.4. The molecule has 2 saturated heterocycles. The quantitative estimate of drug-likeness (QED) is 0.149. The van der Waals surface area contributed by atoms with Gasteiger partial charge in [0.05, 0.1) is 46.7 Å². The number of aryl methyl sites for hydroxylation is 1. The van der Waals surface area contributed by atoms with Crippen LogP contribution in [0.5, 0.6) is 11.5 Å². The van der Waals surface area contributed by atoms with Crippen molar-refractivity contribution in [3.8, 4) is 11.5 Å². The van der Waals surface area contributed by atoms with Crippen LogP contribution in [0.3, 0.4) is 0 Å². The Balaban J connectivity index is 1.33. The fourth-order valence-electron chi connectivity index (χ4n) is 8.91. The minimum absolute atomic E-state index is 0.0733. The van der Waals surface area contributed by atoms with Crippen LogP contribution in [-0.2, 0) is 24.6 Å². The number of ether oxygens (including phenoxy) is 1. The molecule has 2 N–H and O–H groups in total. The highest BCUT2D eigenvalue weighted by Crippen LogP contribution is 2.65. The molecule has 4 aliphatic rings. The van der Waals surface area contributed by atoms with E-state index in [0.717, 1.165) is 10.6 Å². The summed E-state index contributed by atoms with van der Waals surface area (Å²) in [5.74, 6) is -5.50. The molecular formula is C40H31Cl4N3O6. The van der Waals surface area contributed by atoms with Gasteiger partial charge >= 0.3 is 0 Å². The van der Waals surface area contributed by atoms with Crippen molar-refractivity contribution in [3.63, 3.8) is 0 Å². The van der Waals surface area contributed by atoms with Gasteiger partial charge in [-0.25, -0.2) is 4.90 Å². The Kier molecular flexibility index (Phi) is 8.77. The van der Waals surface area contributed by atoms with Crippen LogP contribution in [0, 0.1) is 30.6 Å². The van der Waals surface area contributed by atoms with E-state index >= 15 is 4.79 Å². The third-order valence-corrected chi connectivity index (χ3v) is 12.6. The Morgan fingerprint density at radius 1 is 0.811 bits per heavy atom. The van der Waals surface area contributed by atoms with Crippen LogP contribution in [-0.4, -0.2) is 40.9 Å². The topological polar surface area (TPSA) is 116 Å². The monoisotopic (exact) mass is 789 g/mol. The van der Waals surface area contributed by atoms with Gasteiger partial charge in [0.1, 0.15) is 11.5 Å². The van der Waals surface area contributed by atoms with Gasteiger partial charge < -0.3 is 9.84 Å². The van der Waals surface area contributed by atoms with Crippen molar-refractivity contribution in [1.82, 2.24) is 5.01 Å². The van der Waals surface area contributed by atoms with Crippen molar-refractivity contribution in [2.45, 2.75) is 31.1 Å². The predicted molar refractivity (Wildman–Crippen MR) is 202 cm³/mol. The molecule has 3 fully saturated rings. The van der Waals surface area contributed by atoms with Crippen LogP contribution in [0.1, 0.15) is 35.4 Å². The standard InChI is InChI=1S/C40H31Cl4N3O6/c1-19-3-7-22(16-30(19)42)46-36(49)27-13-12-25-28(34(27)38(46)51)18-29-37(50)47(45-33-14-6-21(41)15-32(33)44)39(52)40(29,20-4-9-24(53-2)10-5-20)35(25)26-11-8-23(48)17-31(26)43/h3-12,14-17,27-29,34-35,45,48H,13,18H2,1-2H3. The molecule has 0 aromatic heterocycles. The maximum atomic E-state index is 15.4. The molecule has 6 atom stereocenters. The number of nitrogens with one attached hydrogen (secondary N) is 1. The average molecular weight is 792 g/mol. The Bertz CT molecular complexity index is 2280. The van der Waals surface area contributed by atoms with E-state index in [1.807, 2.05) is 13.0 Å². The Hall–Kier alpha value is -4.54. The molecule has 4 aromatic carbocycles. The molecule has 53 heavy (non-hydrogen) atoms. The lowest BCUT2D eigenvalue weighted by Gasteiger charge is -2.50. The third-order valence-electron chi connectivity index (χ3n) is 11.3. The molecule has 270 valence electrons. The summed E-state index contributed by atoms with van der Waals surface area (Å²) in [5, 5.41) is 12.6. The van der Waals surface area contributed by atoms with Crippen molar-refractivity contribution in [2.75, 3.05) is 17.4 Å². The van der Waals surface area contributed by atoms with Crippen LogP contribution in [0.15, 0.2) is 90.5 Å². The zero-order valence-corrected chi connectivity index (χ0v) is 31.3. The van der Waals surface area contributed by atoms with Gasteiger partial charge in [-0.2, -0.15) is 5.01 Å². The fraction of sp³-hybridized carbons (Fsp3) is 0.250. The molecule has 13 heteroatoms. The number of phenols is 1. The number of fused-ring (bicyclic) bond motifs is 4. The zero-order chi connectivity index (χ0) is 37.5. The summed E-state index contributed by atoms with van der Waals surface area (Å²) in [7, 11) is 1.53. The van der Waals surface area contributed by atoms with E-state index < -0.39 is 52.7 Å². The number of methoxy groups -OCH3 is 1. The van der Waals surface area contributed by atoms with Gasteiger partial charge in [-0.3, -0.25) is 24.6 Å². The van der Waals surface area contributed by atoms with E-state index in [-0.39, 0.29) is 40.2 Å². The average Bonchev–Trinajstić information content (AvgIpc) is 3.51. The third kappa shape index (κ3) is 5.35. The minimum Gasteiger partial charge on any atom is -0.508 e. The van der Waals surface area contributed by atoms with Crippen molar-refractivity contribution in [3.05, 3.63) is 127 Å². The maximum Gasteiger partial charge on any atom is 0.260 e. The number of anilines is 2. The van der Waals surface area contributed by atoms with Gasteiger partial charge in [-0.15, -0.1) is 0 Å². The van der Waals surface area contributed by atoms with Gasteiger partial charge in [0.2, 0.25) is 11.8 Å². The number of benzene rings is 4. The largest absolute Gasteiger partial charge is 0.508 e. The number of allylic oxidation sites excluding steroid dienone is 2. The highest BCUT2D eigenvalue weighted by Gasteiger charge is 2.70. The van der Waals surface area contributed by atoms with Crippen LogP contribution in [0.2, 0.25) is 20.1 Å². The SMILES string of the molecule is COc1ccc(C23C(=O)N(Nc4ccc(Cl)cc4Cl)C(=O)C2CC2C(=CCC4C(=O)N(c5ccc(C)c(Cl)c5)C(=O)C42)C3c2ccc(O)cc2Cl)cc1. The van der Waals surface area contributed by atoms with Crippen molar-refractivity contribution >= 4 is 81.4 Å². The molecule has 2 heterocycles. The molecule has 0 bridgehead atoms. The number of hydrogen-bond donors (Lipinski definition) is 2. The summed E-state index contributed by atoms with van der Waals surface area (Å²) < 4.78 is 5.45. The first-order valence-electron chi connectivity index (χ1n) is 16.9. The van der Waals surface area contributed by atoms with Gasteiger partial charge in [-0.05, 0) is 97.0 Å². The Labute approximate surface area is 325 Å². The van der Waals surface area contributed by atoms with E-state index in [2.05, 4.69) is 5.43 Å². The van der Waals surface area contributed by atoms with Crippen molar-refractivity contribution in [1.29, 1.82) is 0 Å². The number of aromatic hydroxyl groups is 1. The lowest BCUT2D eigenvalue weighted by atomic mass is 9.49. The van der Waals surface area contributed by atoms with E-state index in [4.69, 9.17) is 51.1 Å². The number of rotatable bonds is 6. The predicted octanol–water partition coefficient (Wildman–Crippen LogP) is 8.51. The highest BCUT2D eigenvalue weighted by molar-refractivity contribution is 6.36. The van der Waals surface area contributed by atoms with Crippen molar-refractivity contribution < 1.29 is 29.0 Å². The van der Waals surface area contributed by atoms with Crippen molar-refractivity contribution in [2.24, 2.45) is 23.7 Å². The lowest BCUT2D eigenvalue weighted by molar-refractivity contribution is -0.138. The second kappa shape index (κ2) is 13.1. The summed E-state index contributed by atoms with van der Waals surface area (Å²) in [6, 6.07) is 21.2. The number of nitrogens with zero attached hydrogens (tertiary/aromatic N) is 2. The van der Waals surface area contributed by atoms with Gasteiger partial charge in [-0.1, -0.05) is 82.3 Å². The summed E-state index contributed by atoms with van der Waals surface area (Å²) >= 11 is 26.1. The van der Waals surface area contributed by atoms with E-state index in [0.29, 0.717) is 38.2 Å². The molecule has 1 saturated carbocycles. The van der Waals surface area contributed by atoms with Crippen LogP contribution >= 0.6 is 46.4 Å². The summed E-state index contributed by atoms with van der Waals surface area (Å²) in [6.45, 7) is 1.83. The summed E-state index contributed by atoms with van der Waals surface area (Å²) in [5.41, 5.74) is 4.54. The summed E-state index contributed by atoms with van der Waals surface area (Å²) in [6.07, 6.45) is 2.23. The molecule has 2 aliphatic carbocycles. The second-order valence-corrected chi connectivity index (χ2v) is 15.5. The van der Waals surface area contributed by atoms with E-state index in [1.165, 1.54) is 30.2 Å². The smallest absolute Gasteiger partial charge is 0.260 e. The number of amides is 4. The van der Waals surface area contributed by atoms with E-state index in [1.54, 1.807) is 60.7 Å². The first kappa shape index (κ1) is 35.5. The molecule has 8 rings (SSSR count). The molecular weight excluding hydrogens is 760 g/mol. The number of hydrazine groups is 1. The van der Waals surface area contributed by atoms with Crippen LogP contribution in [0.25, 0.3) is 0 Å². The zero-order valence-electron chi connectivity index (χ0n) is 28.3. The highest BCUT2D eigenvalue weighted by atomic mass is 35.5. The number of carbonyl (C=O) groups is 4. The van der Waals surface area contributed by atoms with Crippen LogP contribution in [0.4, 0.5) is 11.4 Å². The normalized spacial score (nSPS) is 26.3. The minimum atomic E-state index is -1.60. The van der Waals surface area contributed by atoms with Gasteiger partial charge in [0, 0.05) is 21.0 Å². The molecule has 0 spiro atoms. The molecule has 9 nitrogen and oxygen atoms in total.